The first-order valence-corrected chi connectivity index (χ1v) is 10.7. The fourth-order valence-electron chi connectivity index (χ4n) is 2.62. The van der Waals surface area contributed by atoms with E-state index in [2.05, 4.69) is 15.4 Å². The second-order valence-corrected chi connectivity index (χ2v) is 8.48. The molecule has 0 bridgehead atoms. The summed E-state index contributed by atoms with van der Waals surface area (Å²) in [6.07, 6.45) is 0. The minimum Gasteiger partial charge on any atom is -0.326 e. The smallest absolute Gasteiger partial charge is 0.261 e. The maximum atomic E-state index is 12.6. The molecule has 0 radical (unpaired) electrons. The third-order valence-corrected chi connectivity index (χ3v) is 5.57. The second kappa shape index (κ2) is 8.98. The zero-order valence-electron chi connectivity index (χ0n) is 15.8. The summed E-state index contributed by atoms with van der Waals surface area (Å²) in [6, 6.07) is 18.5. The normalized spacial score (nSPS) is 10.9. The van der Waals surface area contributed by atoms with Crippen molar-refractivity contribution >= 4 is 50.5 Å². The Morgan fingerprint density at radius 2 is 1.43 bits per heavy atom. The Morgan fingerprint density at radius 3 is 2.10 bits per heavy atom. The standard InChI is InChI=1S/C21H18ClN3O4S/c1-14(26)23-18-5-2-4-15(12-18)21(27)24-19-6-3-7-20(13-19)30(28,29)25-17-10-8-16(22)9-11-17/h2-13,25H,1H3,(H,23,26)(H,24,27). The second-order valence-electron chi connectivity index (χ2n) is 6.36. The van der Waals surface area contributed by atoms with E-state index < -0.39 is 15.9 Å². The third-order valence-electron chi connectivity index (χ3n) is 3.94. The van der Waals surface area contributed by atoms with Crippen LogP contribution in [0.2, 0.25) is 5.02 Å². The number of carbonyl (C=O) groups is 2. The van der Waals surface area contributed by atoms with Gasteiger partial charge in [-0.25, -0.2) is 8.42 Å². The Bertz CT molecular complexity index is 1190. The predicted octanol–water partition coefficient (Wildman–Crippen LogP) is 4.35. The molecular formula is C21H18ClN3O4S. The molecule has 7 nitrogen and oxygen atoms in total. The van der Waals surface area contributed by atoms with E-state index in [1.807, 2.05) is 0 Å². The topological polar surface area (TPSA) is 104 Å². The van der Waals surface area contributed by atoms with E-state index in [-0.39, 0.29) is 10.8 Å². The Morgan fingerprint density at radius 1 is 0.800 bits per heavy atom. The maximum Gasteiger partial charge on any atom is 0.261 e. The summed E-state index contributed by atoms with van der Waals surface area (Å²) in [7, 11) is -3.86. The first-order chi connectivity index (χ1) is 14.2. The zero-order chi connectivity index (χ0) is 21.7. The molecule has 9 heteroatoms. The molecule has 30 heavy (non-hydrogen) atoms. The van der Waals surface area contributed by atoms with Crippen molar-refractivity contribution in [1.82, 2.24) is 0 Å². The van der Waals surface area contributed by atoms with Gasteiger partial charge in [0.2, 0.25) is 5.91 Å². The van der Waals surface area contributed by atoms with Crippen molar-refractivity contribution < 1.29 is 18.0 Å². The molecule has 0 atom stereocenters. The minimum atomic E-state index is -3.86. The number of amides is 2. The highest BCUT2D eigenvalue weighted by Crippen LogP contribution is 2.21. The molecule has 0 aliphatic carbocycles. The van der Waals surface area contributed by atoms with Crippen molar-refractivity contribution in [1.29, 1.82) is 0 Å². The fourth-order valence-corrected chi connectivity index (χ4v) is 3.85. The lowest BCUT2D eigenvalue weighted by Gasteiger charge is -2.11. The lowest BCUT2D eigenvalue weighted by atomic mass is 10.2. The Labute approximate surface area is 179 Å². The van der Waals surface area contributed by atoms with Gasteiger partial charge < -0.3 is 10.6 Å². The number of hydrogen-bond acceptors (Lipinski definition) is 4. The van der Waals surface area contributed by atoms with Gasteiger partial charge in [-0.1, -0.05) is 23.7 Å². The van der Waals surface area contributed by atoms with Crippen LogP contribution in [0.5, 0.6) is 0 Å². The van der Waals surface area contributed by atoms with E-state index in [9.17, 15) is 18.0 Å². The average molecular weight is 444 g/mol. The number of sulfonamides is 1. The van der Waals surface area contributed by atoms with Crippen LogP contribution >= 0.6 is 11.6 Å². The highest BCUT2D eigenvalue weighted by Gasteiger charge is 2.16. The summed E-state index contributed by atoms with van der Waals surface area (Å²) in [5.41, 5.74) is 1.47. The molecule has 154 valence electrons. The molecule has 3 aromatic carbocycles. The van der Waals surface area contributed by atoms with Crippen LogP contribution in [0.25, 0.3) is 0 Å². The van der Waals surface area contributed by atoms with Crippen molar-refractivity contribution in [3.8, 4) is 0 Å². The van der Waals surface area contributed by atoms with Crippen molar-refractivity contribution in [2.45, 2.75) is 11.8 Å². The van der Waals surface area contributed by atoms with Gasteiger partial charge in [0, 0.05) is 34.6 Å². The molecule has 3 rings (SSSR count). The van der Waals surface area contributed by atoms with E-state index in [1.54, 1.807) is 48.5 Å². The molecule has 0 aliphatic rings. The first kappa shape index (κ1) is 21.4. The van der Waals surface area contributed by atoms with Gasteiger partial charge in [0.1, 0.15) is 0 Å². The monoisotopic (exact) mass is 443 g/mol. The fraction of sp³-hybridized carbons (Fsp3) is 0.0476. The van der Waals surface area contributed by atoms with Crippen LogP contribution in [0, 0.1) is 0 Å². The molecule has 0 saturated heterocycles. The van der Waals surface area contributed by atoms with E-state index >= 15 is 0 Å². The SMILES string of the molecule is CC(=O)Nc1cccc(C(=O)Nc2cccc(S(=O)(=O)Nc3ccc(Cl)cc3)c2)c1. The first-order valence-electron chi connectivity index (χ1n) is 8.80. The van der Waals surface area contributed by atoms with Crippen molar-refractivity contribution in [2.24, 2.45) is 0 Å². The molecule has 0 unspecified atom stereocenters. The lowest BCUT2D eigenvalue weighted by molar-refractivity contribution is -0.114. The molecule has 2 amide bonds. The van der Waals surface area contributed by atoms with E-state index in [0.717, 1.165) is 0 Å². The van der Waals surface area contributed by atoms with Crippen LogP contribution in [0.1, 0.15) is 17.3 Å². The van der Waals surface area contributed by atoms with E-state index in [4.69, 9.17) is 11.6 Å². The molecule has 0 aromatic heterocycles. The largest absolute Gasteiger partial charge is 0.326 e. The summed E-state index contributed by atoms with van der Waals surface area (Å²) in [4.78, 5) is 23.7. The number of nitrogens with one attached hydrogen (secondary N) is 3. The lowest BCUT2D eigenvalue weighted by Crippen LogP contribution is -2.15. The van der Waals surface area contributed by atoms with Gasteiger partial charge in [-0.3, -0.25) is 14.3 Å². The summed E-state index contributed by atoms with van der Waals surface area (Å²) in [5, 5.41) is 5.76. The molecule has 3 aromatic rings. The quantitative estimate of drug-likeness (QED) is 0.526. The highest BCUT2D eigenvalue weighted by molar-refractivity contribution is 7.92. The number of carbonyl (C=O) groups excluding carboxylic acids is 2. The molecule has 0 saturated carbocycles. The van der Waals surface area contributed by atoms with Gasteiger partial charge in [0.25, 0.3) is 15.9 Å². The van der Waals surface area contributed by atoms with Gasteiger partial charge in [-0.2, -0.15) is 0 Å². The van der Waals surface area contributed by atoms with Crippen molar-refractivity contribution in [3.63, 3.8) is 0 Å². The summed E-state index contributed by atoms with van der Waals surface area (Å²) in [5.74, 6) is -0.693. The van der Waals surface area contributed by atoms with Crippen LogP contribution in [0.3, 0.4) is 0 Å². The van der Waals surface area contributed by atoms with Crippen LogP contribution < -0.4 is 15.4 Å². The number of rotatable bonds is 6. The zero-order valence-corrected chi connectivity index (χ0v) is 17.4. The van der Waals surface area contributed by atoms with Crippen LogP contribution in [0.4, 0.5) is 17.1 Å². The van der Waals surface area contributed by atoms with E-state index in [0.29, 0.717) is 27.6 Å². The van der Waals surface area contributed by atoms with Gasteiger partial charge in [-0.15, -0.1) is 0 Å². The molecule has 3 N–H and O–H groups in total. The van der Waals surface area contributed by atoms with Gasteiger partial charge in [0.15, 0.2) is 0 Å². The maximum absolute atomic E-state index is 12.6. The number of hydrogen-bond donors (Lipinski definition) is 3. The van der Waals surface area contributed by atoms with Crippen LogP contribution in [0.15, 0.2) is 77.7 Å². The van der Waals surface area contributed by atoms with Gasteiger partial charge in [0.05, 0.1) is 4.90 Å². The molecule has 0 fully saturated rings. The van der Waals surface area contributed by atoms with E-state index in [1.165, 1.54) is 31.2 Å². The molecule has 0 heterocycles. The van der Waals surface area contributed by atoms with Crippen molar-refractivity contribution in [2.75, 3.05) is 15.4 Å². The highest BCUT2D eigenvalue weighted by atomic mass is 35.5. The predicted molar refractivity (Wildman–Crippen MR) is 117 cm³/mol. The summed E-state index contributed by atoms with van der Waals surface area (Å²) >= 11 is 5.82. The van der Waals surface area contributed by atoms with Crippen LogP contribution in [-0.4, -0.2) is 20.2 Å². The Hall–Kier alpha value is -3.36. The van der Waals surface area contributed by atoms with Gasteiger partial charge in [-0.05, 0) is 60.7 Å². The summed E-state index contributed by atoms with van der Waals surface area (Å²) < 4.78 is 27.8. The Balaban J connectivity index is 1.77. The number of benzene rings is 3. The molecule has 0 aliphatic heterocycles. The van der Waals surface area contributed by atoms with Crippen molar-refractivity contribution in [3.05, 3.63) is 83.4 Å². The number of halogens is 1. The number of anilines is 3. The molecular weight excluding hydrogens is 426 g/mol. The Kier molecular flexibility index (Phi) is 6.39. The average Bonchev–Trinajstić information content (AvgIpc) is 2.69. The minimum absolute atomic E-state index is 0.0118. The molecule has 0 spiro atoms. The van der Waals surface area contributed by atoms with Gasteiger partial charge >= 0.3 is 0 Å². The summed E-state index contributed by atoms with van der Waals surface area (Å²) in [6.45, 7) is 1.37. The third kappa shape index (κ3) is 5.59. The van der Waals surface area contributed by atoms with Crippen LogP contribution in [-0.2, 0) is 14.8 Å².